The smallest absolute Gasteiger partial charge is 0.404 e. The van der Waals surface area contributed by atoms with E-state index in [1.165, 1.54) is 4.90 Å². The van der Waals surface area contributed by atoms with E-state index in [0.717, 1.165) is 5.69 Å². The van der Waals surface area contributed by atoms with E-state index >= 15 is 0 Å². The van der Waals surface area contributed by atoms with E-state index in [2.05, 4.69) is 0 Å². The Hall–Kier alpha value is -1.55. The van der Waals surface area contributed by atoms with E-state index in [-0.39, 0.29) is 6.09 Å². The molecule has 1 aromatic carbocycles. The minimum absolute atomic E-state index is 0.360. The van der Waals surface area contributed by atoms with Gasteiger partial charge in [0.1, 0.15) is 0 Å². The Morgan fingerprint density at radius 3 is 2.25 bits per heavy atom. The molecule has 0 heterocycles. The molecule has 0 atom stereocenters. The van der Waals surface area contributed by atoms with Crippen molar-refractivity contribution in [3.63, 3.8) is 0 Å². The number of carbonyl (C=O) groups is 1. The molecule has 0 saturated heterocycles. The lowest BCUT2D eigenvalue weighted by Gasteiger charge is -2.25. The topological polar surface area (TPSA) is 29.5 Å². The fourth-order valence-electron chi connectivity index (χ4n) is 1.28. The van der Waals surface area contributed by atoms with Gasteiger partial charge in [-0.3, -0.25) is 4.48 Å². The number of hydrogen-bond acceptors (Lipinski definition) is 2. The molecule has 1 amide bonds. The number of nitrogens with zero attached hydrogens (tertiary/aromatic N) is 2. The lowest BCUT2D eigenvalue weighted by Crippen LogP contribution is -2.36. The van der Waals surface area contributed by atoms with Crippen molar-refractivity contribution in [1.82, 2.24) is 9.38 Å². The number of quaternary nitrogens is 1. The minimum Gasteiger partial charge on any atom is -0.404 e. The molecule has 1 rings (SSSR count). The first-order chi connectivity index (χ1) is 7.32. The predicted molar refractivity (Wildman–Crippen MR) is 65.7 cm³/mol. The number of rotatable bonds is 2. The predicted octanol–water partition coefficient (Wildman–Crippen LogP) is 1.94. The summed E-state index contributed by atoms with van der Waals surface area (Å²) >= 11 is 0. The largest absolute Gasteiger partial charge is 0.414 e. The van der Waals surface area contributed by atoms with Gasteiger partial charge in [0.25, 0.3) is 0 Å². The maximum absolute atomic E-state index is 11.5. The maximum Gasteiger partial charge on any atom is 0.414 e. The highest BCUT2D eigenvalue weighted by Gasteiger charge is 2.20. The Morgan fingerprint density at radius 1 is 1.19 bits per heavy atom. The van der Waals surface area contributed by atoms with Crippen molar-refractivity contribution in [2.75, 3.05) is 35.2 Å². The molecule has 0 aliphatic heterocycles. The molecular formula is C12H19N2O2+. The van der Waals surface area contributed by atoms with Crippen LogP contribution in [0.4, 0.5) is 10.5 Å². The fraction of sp³-hybridized carbons (Fsp3) is 0.417. The molecule has 0 bridgehead atoms. The van der Waals surface area contributed by atoms with Crippen LogP contribution in [-0.2, 0) is 0 Å². The molecule has 0 N–H and O–H groups in total. The van der Waals surface area contributed by atoms with Crippen LogP contribution in [0.3, 0.4) is 0 Å². The Bertz CT molecular complexity index is 381. The Balaban J connectivity index is 3.01. The van der Waals surface area contributed by atoms with E-state index in [4.69, 9.17) is 4.74 Å². The van der Waals surface area contributed by atoms with Crippen LogP contribution in [0.2, 0.25) is 0 Å². The van der Waals surface area contributed by atoms with Gasteiger partial charge in [-0.2, -0.15) is 0 Å². The van der Waals surface area contributed by atoms with Gasteiger partial charge in [-0.05, 0) is 6.07 Å². The van der Waals surface area contributed by atoms with Crippen molar-refractivity contribution in [3.8, 4) is 5.75 Å². The number of hydrogen-bond donors (Lipinski definition) is 0. The van der Waals surface area contributed by atoms with Crippen LogP contribution in [-0.4, -0.2) is 46.2 Å². The standard InChI is InChI=1S/C12H19N2O2/c1-13(2)12(15)16-11-9-7-6-8-10(11)14(3,4)5/h6-9H,1-5H3/q+1. The van der Waals surface area contributed by atoms with E-state index in [1.54, 1.807) is 20.2 Å². The third kappa shape index (κ3) is 2.97. The zero-order valence-corrected chi connectivity index (χ0v) is 10.5. The van der Waals surface area contributed by atoms with Crippen LogP contribution in [0.5, 0.6) is 5.75 Å². The summed E-state index contributed by atoms with van der Waals surface area (Å²) < 4.78 is 5.91. The van der Waals surface area contributed by atoms with Gasteiger partial charge >= 0.3 is 6.09 Å². The zero-order valence-electron chi connectivity index (χ0n) is 10.5. The molecule has 0 saturated carbocycles. The average Bonchev–Trinajstić information content (AvgIpc) is 2.16. The molecule has 16 heavy (non-hydrogen) atoms. The van der Waals surface area contributed by atoms with Gasteiger partial charge < -0.3 is 9.64 Å². The molecule has 0 aromatic heterocycles. The summed E-state index contributed by atoms with van der Waals surface area (Å²) in [5.74, 6) is 0.605. The van der Waals surface area contributed by atoms with Crippen LogP contribution in [0, 0.1) is 0 Å². The second-order valence-corrected chi connectivity index (χ2v) is 4.74. The third-order valence-corrected chi connectivity index (χ3v) is 2.15. The van der Waals surface area contributed by atoms with Gasteiger partial charge in [0.05, 0.1) is 21.1 Å². The fourth-order valence-corrected chi connectivity index (χ4v) is 1.28. The van der Waals surface area contributed by atoms with Crippen molar-refractivity contribution in [1.29, 1.82) is 0 Å². The van der Waals surface area contributed by atoms with Crippen molar-refractivity contribution >= 4 is 11.8 Å². The van der Waals surface area contributed by atoms with Crippen LogP contribution in [0.1, 0.15) is 0 Å². The van der Waals surface area contributed by atoms with Crippen LogP contribution < -0.4 is 9.22 Å². The second-order valence-electron chi connectivity index (χ2n) is 4.74. The number of benzene rings is 1. The highest BCUT2D eigenvalue weighted by Crippen LogP contribution is 2.29. The van der Waals surface area contributed by atoms with Gasteiger partial charge in [0, 0.05) is 20.2 Å². The van der Waals surface area contributed by atoms with Crippen molar-refractivity contribution in [2.24, 2.45) is 0 Å². The van der Waals surface area contributed by atoms with Crippen LogP contribution in [0.25, 0.3) is 0 Å². The number of carbonyl (C=O) groups excluding carboxylic acids is 1. The summed E-state index contributed by atoms with van der Waals surface area (Å²) in [6.07, 6.45) is -0.360. The SMILES string of the molecule is CN(C)C(=O)Oc1ccccc1[N+](C)(C)C. The van der Waals surface area contributed by atoms with E-state index in [1.807, 2.05) is 39.3 Å². The molecule has 88 valence electrons. The Morgan fingerprint density at radius 2 is 1.75 bits per heavy atom. The van der Waals surface area contributed by atoms with E-state index < -0.39 is 0 Å². The molecule has 0 radical (unpaired) electrons. The molecule has 0 aliphatic carbocycles. The van der Waals surface area contributed by atoms with Gasteiger partial charge in [0.15, 0.2) is 11.4 Å². The molecular weight excluding hydrogens is 204 g/mol. The molecule has 4 nitrogen and oxygen atoms in total. The lowest BCUT2D eigenvalue weighted by molar-refractivity contribution is 0.171. The molecule has 1 aromatic rings. The average molecular weight is 223 g/mol. The minimum atomic E-state index is -0.360. The first-order valence-electron chi connectivity index (χ1n) is 5.12. The van der Waals surface area contributed by atoms with Gasteiger partial charge in [-0.25, -0.2) is 4.79 Å². The quantitative estimate of drug-likeness (QED) is 0.717. The van der Waals surface area contributed by atoms with E-state index in [9.17, 15) is 4.79 Å². The molecule has 0 spiro atoms. The summed E-state index contributed by atoms with van der Waals surface area (Å²) in [5, 5.41) is 0. The second kappa shape index (κ2) is 4.53. The summed E-state index contributed by atoms with van der Waals surface area (Å²) in [6, 6.07) is 7.56. The first-order valence-corrected chi connectivity index (χ1v) is 5.12. The zero-order chi connectivity index (χ0) is 12.3. The monoisotopic (exact) mass is 223 g/mol. The Kier molecular flexibility index (Phi) is 3.55. The summed E-state index contributed by atoms with van der Waals surface area (Å²) in [6.45, 7) is 0. The van der Waals surface area contributed by atoms with Crippen LogP contribution >= 0.6 is 0 Å². The maximum atomic E-state index is 11.5. The molecule has 0 aliphatic rings. The highest BCUT2D eigenvalue weighted by atomic mass is 16.6. The van der Waals surface area contributed by atoms with Crippen molar-refractivity contribution < 1.29 is 9.53 Å². The summed E-state index contributed by atoms with van der Waals surface area (Å²) in [4.78, 5) is 12.9. The summed E-state index contributed by atoms with van der Waals surface area (Å²) in [5.41, 5.74) is 0.970. The number of para-hydroxylation sites is 2. The number of amides is 1. The Labute approximate surface area is 96.6 Å². The van der Waals surface area contributed by atoms with Gasteiger partial charge in [-0.15, -0.1) is 0 Å². The van der Waals surface area contributed by atoms with Crippen molar-refractivity contribution in [2.45, 2.75) is 0 Å². The van der Waals surface area contributed by atoms with Crippen LogP contribution in [0.15, 0.2) is 24.3 Å². The van der Waals surface area contributed by atoms with Crippen molar-refractivity contribution in [3.05, 3.63) is 24.3 Å². The van der Waals surface area contributed by atoms with E-state index in [0.29, 0.717) is 10.2 Å². The molecule has 0 fully saturated rings. The summed E-state index contributed by atoms with van der Waals surface area (Å²) in [7, 11) is 9.42. The lowest BCUT2D eigenvalue weighted by atomic mass is 10.2. The normalized spacial score (nSPS) is 11.1. The van der Waals surface area contributed by atoms with Gasteiger partial charge in [0.2, 0.25) is 0 Å². The first kappa shape index (κ1) is 12.5. The molecule has 0 unspecified atom stereocenters. The third-order valence-electron chi connectivity index (χ3n) is 2.15. The molecule has 4 heteroatoms. The van der Waals surface area contributed by atoms with Gasteiger partial charge in [-0.1, -0.05) is 12.1 Å². The number of ether oxygens (including phenoxy) is 1. The highest BCUT2D eigenvalue weighted by molar-refractivity contribution is 5.72.